The molecule has 0 amide bonds. The predicted octanol–water partition coefficient (Wildman–Crippen LogP) is 2.42. The van der Waals surface area contributed by atoms with Gasteiger partial charge in [-0.05, 0) is 37.4 Å². The summed E-state index contributed by atoms with van der Waals surface area (Å²) in [5.41, 5.74) is 0.508. The lowest BCUT2D eigenvalue weighted by atomic mass is 10.0. The molecule has 2 unspecified atom stereocenters. The van der Waals surface area contributed by atoms with Gasteiger partial charge in [0.25, 0.3) is 0 Å². The first-order valence-corrected chi connectivity index (χ1v) is 7.75. The van der Waals surface area contributed by atoms with Gasteiger partial charge in [0, 0.05) is 13.1 Å². The molecular weight excluding hydrogens is 264 g/mol. The van der Waals surface area contributed by atoms with Crippen molar-refractivity contribution < 1.29 is 9.84 Å². The molecule has 1 heterocycles. The topological polar surface area (TPSA) is 56.5 Å². The van der Waals surface area contributed by atoms with Crippen LogP contribution in [0.3, 0.4) is 0 Å². The lowest BCUT2D eigenvalue weighted by molar-refractivity contribution is 0.0745. The van der Waals surface area contributed by atoms with Crippen LogP contribution in [0.25, 0.3) is 0 Å². The average Bonchev–Trinajstić information content (AvgIpc) is 2.93. The van der Waals surface area contributed by atoms with Crippen LogP contribution >= 0.6 is 0 Å². The summed E-state index contributed by atoms with van der Waals surface area (Å²) in [5.74, 6) is 1.33. The van der Waals surface area contributed by atoms with Crippen molar-refractivity contribution in [3.8, 4) is 11.8 Å². The van der Waals surface area contributed by atoms with Gasteiger partial charge >= 0.3 is 0 Å². The van der Waals surface area contributed by atoms with E-state index in [1.54, 1.807) is 18.2 Å². The van der Waals surface area contributed by atoms with Crippen molar-refractivity contribution in [1.82, 2.24) is 4.90 Å². The molecule has 0 aliphatic carbocycles. The minimum atomic E-state index is -0.517. The van der Waals surface area contributed by atoms with Gasteiger partial charge in [0.1, 0.15) is 24.5 Å². The highest BCUT2D eigenvalue weighted by Gasteiger charge is 2.23. The van der Waals surface area contributed by atoms with Gasteiger partial charge in [-0.15, -0.1) is 0 Å². The van der Waals surface area contributed by atoms with E-state index < -0.39 is 6.10 Å². The van der Waals surface area contributed by atoms with Gasteiger partial charge in [-0.25, -0.2) is 0 Å². The Morgan fingerprint density at radius 3 is 3.05 bits per heavy atom. The molecule has 1 aromatic rings. The second-order valence-electron chi connectivity index (χ2n) is 5.78. The Balaban J connectivity index is 1.75. The van der Waals surface area contributed by atoms with E-state index in [9.17, 15) is 5.11 Å². The molecule has 4 nitrogen and oxygen atoms in total. The van der Waals surface area contributed by atoms with Crippen LogP contribution in [0.5, 0.6) is 5.75 Å². The monoisotopic (exact) mass is 288 g/mol. The van der Waals surface area contributed by atoms with Crippen LogP contribution in [0.1, 0.15) is 31.7 Å². The summed E-state index contributed by atoms with van der Waals surface area (Å²) in [4.78, 5) is 2.31. The van der Waals surface area contributed by atoms with Crippen molar-refractivity contribution in [3.05, 3.63) is 29.8 Å². The summed E-state index contributed by atoms with van der Waals surface area (Å²) < 4.78 is 5.58. The highest BCUT2D eigenvalue weighted by atomic mass is 16.5. The van der Waals surface area contributed by atoms with Crippen LogP contribution in [0.15, 0.2) is 24.3 Å². The van der Waals surface area contributed by atoms with Crippen LogP contribution in [0.4, 0.5) is 0 Å². The molecule has 114 valence electrons. The fourth-order valence-corrected chi connectivity index (χ4v) is 2.94. The first kappa shape index (κ1) is 15.8. The molecule has 0 spiro atoms. The molecule has 21 heavy (non-hydrogen) atoms. The molecule has 4 heteroatoms. The van der Waals surface area contributed by atoms with Gasteiger partial charge in [-0.3, -0.25) is 0 Å². The smallest absolute Gasteiger partial charge is 0.137 e. The summed E-state index contributed by atoms with van der Waals surface area (Å²) in [5, 5.41) is 19.1. The fourth-order valence-electron chi connectivity index (χ4n) is 2.94. The third kappa shape index (κ3) is 4.73. The third-order valence-corrected chi connectivity index (χ3v) is 3.97. The molecule has 2 atom stereocenters. The van der Waals surface area contributed by atoms with E-state index in [1.165, 1.54) is 19.3 Å². The number of para-hydroxylation sites is 1. The summed E-state index contributed by atoms with van der Waals surface area (Å²) in [6.07, 6.45) is 3.23. The lowest BCUT2D eigenvalue weighted by Gasteiger charge is -2.20. The highest BCUT2D eigenvalue weighted by molar-refractivity contribution is 5.42. The van der Waals surface area contributed by atoms with E-state index in [2.05, 4.69) is 17.9 Å². The molecule has 0 saturated carbocycles. The van der Waals surface area contributed by atoms with Crippen LogP contribution in [0, 0.1) is 17.2 Å². The van der Waals surface area contributed by atoms with Crippen LogP contribution in [-0.4, -0.2) is 42.4 Å². The van der Waals surface area contributed by atoms with E-state index in [0.29, 0.717) is 17.9 Å². The van der Waals surface area contributed by atoms with E-state index in [4.69, 9.17) is 10.00 Å². The number of hydrogen-bond donors (Lipinski definition) is 1. The number of hydrogen-bond acceptors (Lipinski definition) is 4. The first-order valence-electron chi connectivity index (χ1n) is 7.75. The molecule has 0 aromatic heterocycles. The second kappa shape index (κ2) is 8.02. The van der Waals surface area contributed by atoms with Crippen LogP contribution in [-0.2, 0) is 0 Å². The number of nitrogens with zero attached hydrogens (tertiary/aromatic N) is 2. The number of likely N-dealkylation sites (tertiary alicyclic amines) is 1. The maximum Gasteiger partial charge on any atom is 0.137 e. The van der Waals surface area contributed by atoms with Crippen molar-refractivity contribution in [3.63, 3.8) is 0 Å². The summed E-state index contributed by atoms with van der Waals surface area (Å²) in [6.45, 7) is 5.25. The van der Waals surface area contributed by atoms with Gasteiger partial charge in [0.2, 0.25) is 0 Å². The summed E-state index contributed by atoms with van der Waals surface area (Å²) >= 11 is 0. The Labute approximate surface area is 127 Å². The molecule has 1 aliphatic heterocycles. The first-order chi connectivity index (χ1) is 10.2. The predicted molar refractivity (Wildman–Crippen MR) is 82.1 cm³/mol. The Morgan fingerprint density at radius 2 is 2.29 bits per heavy atom. The SMILES string of the molecule is CCCC1CCN(CC(O)COc2ccccc2C#N)C1. The molecule has 1 aliphatic rings. The van der Waals surface area contributed by atoms with Gasteiger partial charge in [0.15, 0.2) is 0 Å². The highest BCUT2D eigenvalue weighted by Crippen LogP contribution is 2.21. The van der Waals surface area contributed by atoms with Crippen molar-refractivity contribution in [1.29, 1.82) is 5.26 Å². The molecule has 0 radical (unpaired) electrons. The molecule has 1 fully saturated rings. The number of aliphatic hydroxyl groups is 1. The minimum absolute atomic E-state index is 0.230. The largest absolute Gasteiger partial charge is 0.489 e. The zero-order chi connectivity index (χ0) is 15.1. The van der Waals surface area contributed by atoms with Crippen molar-refractivity contribution in [2.45, 2.75) is 32.3 Å². The molecule has 1 saturated heterocycles. The van der Waals surface area contributed by atoms with Gasteiger partial charge in [-0.1, -0.05) is 25.5 Å². The normalized spacial score (nSPS) is 20.1. The molecule has 2 rings (SSSR count). The fraction of sp³-hybridized carbons (Fsp3) is 0.588. The maximum atomic E-state index is 10.1. The Kier molecular flexibility index (Phi) is 6.04. The Hall–Kier alpha value is -1.57. The summed E-state index contributed by atoms with van der Waals surface area (Å²) in [6, 6.07) is 9.21. The molecule has 1 aromatic carbocycles. The lowest BCUT2D eigenvalue weighted by Crippen LogP contribution is -2.34. The van der Waals surface area contributed by atoms with Crippen molar-refractivity contribution >= 4 is 0 Å². The maximum absolute atomic E-state index is 10.1. The number of ether oxygens (including phenoxy) is 1. The molecular formula is C17H24N2O2. The standard InChI is InChI=1S/C17H24N2O2/c1-2-5-14-8-9-19(11-14)12-16(20)13-21-17-7-4-3-6-15(17)10-18/h3-4,6-7,14,16,20H,2,5,8-9,11-13H2,1H3. The van der Waals surface area contributed by atoms with E-state index in [-0.39, 0.29) is 6.61 Å². The number of aliphatic hydroxyl groups excluding tert-OH is 1. The second-order valence-corrected chi connectivity index (χ2v) is 5.78. The average molecular weight is 288 g/mol. The zero-order valence-electron chi connectivity index (χ0n) is 12.7. The zero-order valence-corrected chi connectivity index (χ0v) is 12.7. The van der Waals surface area contributed by atoms with Crippen LogP contribution in [0.2, 0.25) is 0 Å². The number of β-amino-alcohol motifs (C(OH)–C–C–N with tert-alkyl or cyclic N) is 1. The third-order valence-electron chi connectivity index (χ3n) is 3.97. The van der Waals surface area contributed by atoms with E-state index in [0.717, 1.165) is 19.0 Å². The number of benzene rings is 1. The van der Waals surface area contributed by atoms with Crippen molar-refractivity contribution in [2.75, 3.05) is 26.2 Å². The van der Waals surface area contributed by atoms with E-state index in [1.807, 2.05) is 6.07 Å². The Morgan fingerprint density at radius 1 is 1.48 bits per heavy atom. The molecule has 0 bridgehead atoms. The number of nitriles is 1. The summed E-state index contributed by atoms with van der Waals surface area (Å²) in [7, 11) is 0. The minimum Gasteiger partial charge on any atom is -0.489 e. The van der Waals surface area contributed by atoms with Crippen molar-refractivity contribution in [2.24, 2.45) is 5.92 Å². The molecule has 1 N–H and O–H groups in total. The Bertz CT molecular complexity index is 484. The van der Waals surface area contributed by atoms with Gasteiger partial charge in [0.05, 0.1) is 5.56 Å². The van der Waals surface area contributed by atoms with E-state index >= 15 is 0 Å². The van der Waals surface area contributed by atoms with Crippen LogP contribution < -0.4 is 4.74 Å². The van der Waals surface area contributed by atoms with Gasteiger partial charge in [-0.2, -0.15) is 5.26 Å². The number of rotatable bonds is 7. The van der Waals surface area contributed by atoms with Gasteiger partial charge < -0.3 is 14.7 Å². The quantitative estimate of drug-likeness (QED) is 0.837.